The summed E-state index contributed by atoms with van der Waals surface area (Å²) in [5, 5.41) is 2.57. The van der Waals surface area contributed by atoms with E-state index in [0.717, 1.165) is 0 Å². The molecule has 0 spiro atoms. The second-order valence-electron chi connectivity index (χ2n) is 3.67. The molecule has 2 heterocycles. The minimum atomic E-state index is -0.560. The normalized spacial score (nSPS) is 9.89. The van der Waals surface area contributed by atoms with E-state index in [0.29, 0.717) is 11.3 Å². The van der Waals surface area contributed by atoms with E-state index in [-0.39, 0.29) is 19.1 Å². The van der Waals surface area contributed by atoms with Crippen LogP contribution in [0.2, 0.25) is 0 Å². The number of pyridine rings is 1. The van der Waals surface area contributed by atoms with Crippen LogP contribution in [0.25, 0.3) is 0 Å². The summed E-state index contributed by atoms with van der Waals surface area (Å²) in [6, 6.07) is 6.50. The van der Waals surface area contributed by atoms with Crippen molar-refractivity contribution in [3.63, 3.8) is 0 Å². The van der Waals surface area contributed by atoms with Crippen LogP contribution in [0.5, 0.6) is 0 Å². The van der Waals surface area contributed by atoms with Crippen LogP contribution in [-0.4, -0.2) is 23.5 Å². The summed E-state index contributed by atoms with van der Waals surface area (Å²) < 4.78 is 9.90. The maximum atomic E-state index is 11.5. The molecule has 0 saturated carbocycles. The van der Waals surface area contributed by atoms with Crippen LogP contribution in [0, 0.1) is 0 Å². The predicted molar refractivity (Wildman–Crippen MR) is 65.1 cm³/mol. The van der Waals surface area contributed by atoms with Gasteiger partial charge in [-0.15, -0.1) is 0 Å². The Morgan fingerprint density at radius 3 is 2.74 bits per heavy atom. The maximum absolute atomic E-state index is 11.5. The first-order chi connectivity index (χ1) is 9.25. The highest BCUT2D eigenvalue weighted by Gasteiger charge is 2.09. The van der Waals surface area contributed by atoms with Crippen LogP contribution in [0.1, 0.15) is 16.1 Å². The topological polar surface area (TPSA) is 81.4 Å². The smallest absolute Gasteiger partial charge is 0.338 e. The van der Waals surface area contributed by atoms with Crippen molar-refractivity contribution >= 4 is 11.9 Å². The van der Waals surface area contributed by atoms with Gasteiger partial charge >= 0.3 is 5.97 Å². The number of furan rings is 1. The minimum Gasteiger partial charge on any atom is -0.467 e. The molecule has 0 aliphatic rings. The van der Waals surface area contributed by atoms with Crippen LogP contribution >= 0.6 is 0 Å². The summed E-state index contributed by atoms with van der Waals surface area (Å²) in [7, 11) is 0. The number of hydrogen-bond acceptors (Lipinski definition) is 5. The molecule has 98 valence electrons. The molecule has 0 fully saturated rings. The van der Waals surface area contributed by atoms with Crippen molar-refractivity contribution < 1.29 is 18.7 Å². The molecule has 0 aliphatic carbocycles. The molecule has 0 unspecified atom stereocenters. The highest BCUT2D eigenvalue weighted by atomic mass is 16.5. The van der Waals surface area contributed by atoms with Gasteiger partial charge in [0.15, 0.2) is 6.61 Å². The van der Waals surface area contributed by atoms with Gasteiger partial charge < -0.3 is 14.5 Å². The summed E-state index contributed by atoms with van der Waals surface area (Å²) in [5.41, 5.74) is 0.355. The van der Waals surface area contributed by atoms with Crippen LogP contribution in [0.4, 0.5) is 0 Å². The van der Waals surface area contributed by atoms with Gasteiger partial charge in [-0.25, -0.2) is 4.79 Å². The van der Waals surface area contributed by atoms with Gasteiger partial charge in [-0.1, -0.05) is 0 Å². The number of nitrogens with one attached hydrogen (secondary N) is 1. The second-order valence-corrected chi connectivity index (χ2v) is 3.67. The Kier molecular flexibility index (Phi) is 4.28. The van der Waals surface area contributed by atoms with Crippen molar-refractivity contribution in [3.05, 3.63) is 54.2 Å². The molecule has 1 amide bonds. The number of nitrogens with zero attached hydrogens (tertiary/aromatic N) is 1. The zero-order valence-corrected chi connectivity index (χ0v) is 10.0. The molecule has 0 atom stereocenters. The van der Waals surface area contributed by atoms with Crippen molar-refractivity contribution in [2.75, 3.05) is 6.61 Å². The Morgan fingerprint density at radius 2 is 2.05 bits per heavy atom. The first-order valence-electron chi connectivity index (χ1n) is 5.62. The quantitative estimate of drug-likeness (QED) is 0.815. The standard InChI is InChI=1S/C13H12N2O4/c16-12(15-8-11-2-1-7-18-11)9-19-13(17)10-3-5-14-6-4-10/h1-7H,8-9H2,(H,15,16). The Morgan fingerprint density at radius 1 is 1.26 bits per heavy atom. The molecule has 0 aliphatic heterocycles. The average molecular weight is 260 g/mol. The number of carbonyl (C=O) groups excluding carboxylic acids is 2. The Labute approximate surface area is 109 Å². The highest BCUT2D eigenvalue weighted by molar-refractivity contribution is 5.91. The lowest BCUT2D eigenvalue weighted by Gasteiger charge is -2.05. The van der Waals surface area contributed by atoms with Gasteiger partial charge in [0.1, 0.15) is 5.76 Å². The van der Waals surface area contributed by atoms with Crippen molar-refractivity contribution in [2.24, 2.45) is 0 Å². The van der Waals surface area contributed by atoms with Gasteiger partial charge in [-0.2, -0.15) is 0 Å². The molecule has 1 N–H and O–H groups in total. The molecule has 2 aromatic heterocycles. The monoisotopic (exact) mass is 260 g/mol. The van der Waals surface area contributed by atoms with Gasteiger partial charge in [0.05, 0.1) is 18.4 Å². The van der Waals surface area contributed by atoms with Gasteiger partial charge in [-0.3, -0.25) is 9.78 Å². The second kappa shape index (κ2) is 6.34. The molecule has 6 nitrogen and oxygen atoms in total. The lowest BCUT2D eigenvalue weighted by Crippen LogP contribution is -2.28. The van der Waals surface area contributed by atoms with Crippen molar-refractivity contribution in [1.82, 2.24) is 10.3 Å². The fourth-order valence-corrected chi connectivity index (χ4v) is 1.35. The number of rotatable bonds is 5. The third-order valence-electron chi connectivity index (χ3n) is 2.29. The first-order valence-corrected chi connectivity index (χ1v) is 5.62. The summed E-state index contributed by atoms with van der Waals surface area (Å²) in [6.07, 6.45) is 4.48. The fraction of sp³-hybridized carbons (Fsp3) is 0.154. The Hall–Kier alpha value is -2.63. The number of esters is 1. The number of carbonyl (C=O) groups is 2. The van der Waals surface area contributed by atoms with E-state index in [1.807, 2.05) is 0 Å². The van der Waals surface area contributed by atoms with E-state index in [4.69, 9.17) is 9.15 Å². The molecule has 2 rings (SSSR count). The predicted octanol–water partition coefficient (Wildman–Crippen LogP) is 1.15. The SMILES string of the molecule is O=C(COC(=O)c1ccncc1)NCc1ccco1. The average Bonchev–Trinajstić information content (AvgIpc) is 2.96. The van der Waals surface area contributed by atoms with E-state index in [1.165, 1.54) is 30.8 Å². The molecule has 0 aromatic carbocycles. The molecule has 6 heteroatoms. The Bertz CT molecular complexity index is 537. The first kappa shape index (κ1) is 12.8. The molecule has 2 aromatic rings. The summed E-state index contributed by atoms with van der Waals surface area (Å²) in [6.45, 7) is -0.0689. The lowest BCUT2D eigenvalue weighted by atomic mass is 10.3. The van der Waals surface area contributed by atoms with Crippen LogP contribution in [0.3, 0.4) is 0 Å². The largest absolute Gasteiger partial charge is 0.467 e. The summed E-state index contributed by atoms with van der Waals surface area (Å²) in [5.74, 6) is -0.317. The van der Waals surface area contributed by atoms with Gasteiger partial charge in [0.2, 0.25) is 0 Å². The van der Waals surface area contributed by atoms with E-state index in [9.17, 15) is 9.59 Å². The summed E-state index contributed by atoms with van der Waals surface area (Å²) in [4.78, 5) is 26.7. The molecule has 0 saturated heterocycles. The number of hydrogen-bond donors (Lipinski definition) is 1. The minimum absolute atomic E-state index is 0.263. The molecule has 0 radical (unpaired) electrons. The highest BCUT2D eigenvalue weighted by Crippen LogP contribution is 2.00. The third-order valence-corrected chi connectivity index (χ3v) is 2.29. The van der Waals surface area contributed by atoms with Gasteiger partial charge in [0.25, 0.3) is 5.91 Å². The van der Waals surface area contributed by atoms with E-state index < -0.39 is 5.97 Å². The van der Waals surface area contributed by atoms with Crippen LogP contribution < -0.4 is 5.32 Å². The zero-order valence-electron chi connectivity index (χ0n) is 10.0. The van der Waals surface area contributed by atoms with Crippen molar-refractivity contribution in [3.8, 4) is 0 Å². The van der Waals surface area contributed by atoms with E-state index in [2.05, 4.69) is 10.3 Å². The molecular weight excluding hydrogens is 248 g/mol. The summed E-state index contributed by atoms with van der Waals surface area (Å²) >= 11 is 0. The molecular formula is C13H12N2O4. The van der Waals surface area contributed by atoms with Crippen LogP contribution in [0.15, 0.2) is 47.3 Å². The maximum Gasteiger partial charge on any atom is 0.338 e. The number of aromatic nitrogens is 1. The zero-order chi connectivity index (χ0) is 13.5. The molecule has 19 heavy (non-hydrogen) atoms. The van der Waals surface area contributed by atoms with Gasteiger partial charge in [0, 0.05) is 12.4 Å². The van der Waals surface area contributed by atoms with E-state index >= 15 is 0 Å². The Balaban J connectivity index is 1.73. The van der Waals surface area contributed by atoms with Crippen molar-refractivity contribution in [2.45, 2.75) is 6.54 Å². The number of amides is 1. The fourth-order valence-electron chi connectivity index (χ4n) is 1.35. The number of ether oxygens (including phenoxy) is 1. The third kappa shape index (κ3) is 3.95. The van der Waals surface area contributed by atoms with E-state index in [1.54, 1.807) is 12.1 Å². The molecule has 0 bridgehead atoms. The van der Waals surface area contributed by atoms with Crippen LogP contribution in [-0.2, 0) is 16.1 Å². The van der Waals surface area contributed by atoms with Crippen molar-refractivity contribution in [1.29, 1.82) is 0 Å². The lowest BCUT2D eigenvalue weighted by molar-refractivity contribution is -0.124. The van der Waals surface area contributed by atoms with Gasteiger partial charge in [-0.05, 0) is 24.3 Å².